The minimum absolute atomic E-state index is 0.262. The van der Waals surface area contributed by atoms with Crippen molar-refractivity contribution in [3.8, 4) is 0 Å². The van der Waals surface area contributed by atoms with Gasteiger partial charge in [-0.05, 0) is 0 Å². The van der Waals surface area contributed by atoms with Crippen molar-refractivity contribution < 1.29 is 18.7 Å². The van der Waals surface area contributed by atoms with Gasteiger partial charge in [0.1, 0.15) is 10.6 Å². The third-order valence-electron chi connectivity index (χ3n) is 1.43. The highest BCUT2D eigenvalue weighted by Crippen LogP contribution is 2.31. The highest BCUT2D eigenvalue weighted by Gasteiger charge is 2.24. The van der Waals surface area contributed by atoms with Crippen LogP contribution in [0.4, 0.5) is 13.9 Å². The third-order valence-corrected chi connectivity index (χ3v) is 2.65. The molecule has 0 saturated heterocycles. The normalized spacial score (nSPS) is 10.6. The summed E-state index contributed by atoms with van der Waals surface area (Å²) < 4.78 is 24.7. The van der Waals surface area contributed by atoms with Crippen LogP contribution in [0.25, 0.3) is 0 Å². The molecule has 0 saturated carbocycles. The Kier molecular flexibility index (Phi) is 3.00. The number of anilines is 1. The van der Waals surface area contributed by atoms with E-state index in [1.807, 2.05) is 0 Å². The molecule has 0 aromatic carbocycles. The molecule has 0 fully saturated rings. The average molecular weight is 222 g/mol. The van der Waals surface area contributed by atoms with Crippen LogP contribution in [0.5, 0.6) is 0 Å². The molecule has 0 amide bonds. The van der Waals surface area contributed by atoms with E-state index in [0.29, 0.717) is 0 Å². The van der Waals surface area contributed by atoms with E-state index in [-0.39, 0.29) is 5.13 Å². The van der Waals surface area contributed by atoms with Crippen molar-refractivity contribution in [2.75, 3.05) is 19.0 Å². The van der Waals surface area contributed by atoms with E-state index in [1.165, 1.54) is 4.90 Å². The summed E-state index contributed by atoms with van der Waals surface area (Å²) in [6.07, 6.45) is -2.86. The second-order valence-electron chi connectivity index (χ2n) is 2.71. The van der Waals surface area contributed by atoms with E-state index in [1.54, 1.807) is 14.1 Å². The number of nitrogens with zero attached hydrogens (tertiary/aromatic N) is 2. The minimum Gasteiger partial charge on any atom is -0.477 e. The quantitative estimate of drug-likeness (QED) is 0.847. The number of hydrogen-bond acceptors (Lipinski definition) is 4. The van der Waals surface area contributed by atoms with E-state index in [4.69, 9.17) is 5.11 Å². The van der Waals surface area contributed by atoms with Gasteiger partial charge in [0.2, 0.25) is 0 Å². The van der Waals surface area contributed by atoms with Crippen molar-refractivity contribution in [3.63, 3.8) is 0 Å². The number of rotatable bonds is 3. The molecule has 0 aliphatic rings. The Bertz CT molecular complexity index is 351. The molecule has 0 atom stereocenters. The number of carboxylic acids is 1. The molecule has 1 heterocycles. The summed E-state index contributed by atoms with van der Waals surface area (Å²) in [6, 6.07) is 0. The number of carboxylic acid groups (broad SMARTS) is 1. The molecule has 4 nitrogen and oxygen atoms in total. The predicted molar refractivity (Wildman–Crippen MR) is 48.4 cm³/mol. The van der Waals surface area contributed by atoms with Crippen molar-refractivity contribution in [1.82, 2.24) is 4.98 Å². The summed E-state index contributed by atoms with van der Waals surface area (Å²) in [4.78, 5) is 15.2. The summed E-state index contributed by atoms with van der Waals surface area (Å²) >= 11 is 0.739. The van der Waals surface area contributed by atoms with Gasteiger partial charge in [-0.15, -0.1) is 0 Å². The highest BCUT2D eigenvalue weighted by atomic mass is 32.1. The molecule has 1 aromatic rings. The first-order valence-corrected chi connectivity index (χ1v) is 4.44. The molecular weight excluding hydrogens is 214 g/mol. The lowest BCUT2D eigenvalue weighted by Gasteiger charge is -2.05. The fourth-order valence-corrected chi connectivity index (χ4v) is 1.65. The molecule has 0 radical (unpaired) electrons. The molecule has 78 valence electrons. The first-order valence-electron chi connectivity index (χ1n) is 3.63. The third kappa shape index (κ3) is 1.98. The van der Waals surface area contributed by atoms with Crippen molar-refractivity contribution in [3.05, 3.63) is 10.6 Å². The average Bonchev–Trinajstić information content (AvgIpc) is 2.47. The molecule has 1 aromatic heterocycles. The summed E-state index contributed by atoms with van der Waals surface area (Å²) in [5, 5.41) is 8.89. The highest BCUT2D eigenvalue weighted by molar-refractivity contribution is 7.17. The SMILES string of the molecule is CN(C)c1nc(C(F)F)c(C(=O)O)s1. The van der Waals surface area contributed by atoms with Crippen LogP contribution in [-0.2, 0) is 0 Å². The molecule has 14 heavy (non-hydrogen) atoms. The lowest BCUT2D eigenvalue weighted by Crippen LogP contribution is -2.08. The van der Waals surface area contributed by atoms with Crippen LogP contribution in [0.15, 0.2) is 0 Å². The minimum atomic E-state index is -2.86. The maximum Gasteiger partial charge on any atom is 0.348 e. The Morgan fingerprint density at radius 1 is 1.57 bits per heavy atom. The summed E-state index contributed by atoms with van der Waals surface area (Å²) in [5.41, 5.74) is -0.661. The second kappa shape index (κ2) is 3.87. The lowest BCUT2D eigenvalue weighted by atomic mass is 10.4. The number of halogens is 2. The standard InChI is InChI=1S/C7H8F2N2O2S/c1-11(2)7-10-3(5(8)9)4(14-7)6(12)13/h5H,1-2H3,(H,12,13). The summed E-state index contributed by atoms with van der Waals surface area (Å²) in [5.74, 6) is -1.37. The Morgan fingerprint density at radius 3 is 2.43 bits per heavy atom. The maximum atomic E-state index is 12.3. The summed E-state index contributed by atoms with van der Waals surface area (Å²) in [7, 11) is 3.22. The predicted octanol–water partition coefficient (Wildman–Crippen LogP) is 1.84. The Morgan fingerprint density at radius 2 is 2.14 bits per heavy atom. The van der Waals surface area contributed by atoms with Crippen molar-refractivity contribution in [2.24, 2.45) is 0 Å². The van der Waals surface area contributed by atoms with Gasteiger partial charge in [0.25, 0.3) is 6.43 Å². The van der Waals surface area contributed by atoms with Gasteiger partial charge in [-0.3, -0.25) is 0 Å². The van der Waals surface area contributed by atoms with Gasteiger partial charge in [0.05, 0.1) is 0 Å². The molecule has 0 aliphatic heterocycles. The Labute approximate surface area is 82.8 Å². The number of aromatic nitrogens is 1. The zero-order valence-electron chi connectivity index (χ0n) is 7.49. The van der Waals surface area contributed by atoms with Crippen LogP contribution >= 0.6 is 11.3 Å². The zero-order chi connectivity index (χ0) is 10.9. The van der Waals surface area contributed by atoms with Gasteiger partial charge in [-0.1, -0.05) is 11.3 Å². The number of alkyl halides is 2. The van der Waals surface area contributed by atoms with Crippen LogP contribution in [0.2, 0.25) is 0 Å². The number of thiazole rings is 1. The molecule has 0 bridgehead atoms. The fraction of sp³-hybridized carbons (Fsp3) is 0.429. The van der Waals surface area contributed by atoms with E-state index < -0.39 is 23.0 Å². The van der Waals surface area contributed by atoms with Crippen LogP contribution in [0, 0.1) is 0 Å². The molecule has 0 unspecified atom stereocenters. The van der Waals surface area contributed by atoms with E-state index in [9.17, 15) is 13.6 Å². The number of aromatic carboxylic acids is 1. The monoisotopic (exact) mass is 222 g/mol. The van der Waals surface area contributed by atoms with Gasteiger partial charge in [-0.2, -0.15) is 0 Å². The molecular formula is C7H8F2N2O2S. The van der Waals surface area contributed by atoms with Gasteiger partial charge in [-0.25, -0.2) is 18.6 Å². The van der Waals surface area contributed by atoms with Gasteiger partial charge in [0, 0.05) is 14.1 Å². The summed E-state index contributed by atoms with van der Waals surface area (Å²) in [6.45, 7) is 0. The molecule has 1 rings (SSSR count). The first kappa shape index (κ1) is 10.8. The fourth-order valence-electron chi connectivity index (χ4n) is 0.813. The van der Waals surface area contributed by atoms with Gasteiger partial charge >= 0.3 is 5.97 Å². The van der Waals surface area contributed by atoms with E-state index in [2.05, 4.69) is 4.98 Å². The maximum absolute atomic E-state index is 12.3. The molecule has 7 heteroatoms. The molecule has 0 aliphatic carbocycles. The first-order chi connectivity index (χ1) is 6.43. The Balaban J connectivity index is 3.19. The number of carbonyl (C=O) groups is 1. The van der Waals surface area contributed by atoms with Gasteiger partial charge < -0.3 is 10.0 Å². The largest absolute Gasteiger partial charge is 0.477 e. The van der Waals surface area contributed by atoms with Crippen molar-refractivity contribution in [2.45, 2.75) is 6.43 Å². The van der Waals surface area contributed by atoms with Gasteiger partial charge in [0.15, 0.2) is 5.13 Å². The number of hydrogen-bond donors (Lipinski definition) is 1. The van der Waals surface area contributed by atoms with Crippen LogP contribution in [0.1, 0.15) is 21.8 Å². The topological polar surface area (TPSA) is 53.4 Å². The van der Waals surface area contributed by atoms with E-state index >= 15 is 0 Å². The van der Waals surface area contributed by atoms with E-state index in [0.717, 1.165) is 11.3 Å². The Hall–Kier alpha value is -1.24. The van der Waals surface area contributed by atoms with Crippen LogP contribution < -0.4 is 4.90 Å². The zero-order valence-corrected chi connectivity index (χ0v) is 8.31. The van der Waals surface area contributed by atoms with Crippen molar-refractivity contribution >= 4 is 22.4 Å². The lowest BCUT2D eigenvalue weighted by molar-refractivity contribution is 0.0689. The van der Waals surface area contributed by atoms with Crippen LogP contribution in [-0.4, -0.2) is 30.2 Å². The smallest absolute Gasteiger partial charge is 0.348 e. The molecule has 1 N–H and O–H groups in total. The van der Waals surface area contributed by atoms with Crippen molar-refractivity contribution in [1.29, 1.82) is 0 Å². The van der Waals surface area contributed by atoms with Crippen LogP contribution in [0.3, 0.4) is 0 Å². The second-order valence-corrected chi connectivity index (χ2v) is 3.69. The molecule has 0 spiro atoms.